The molecule has 2 aromatic carbocycles. The molecule has 0 aliphatic heterocycles. The molecule has 2 aromatic heterocycles. The van der Waals surface area contributed by atoms with Crippen molar-refractivity contribution in [3.63, 3.8) is 0 Å². The van der Waals surface area contributed by atoms with Gasteiger partial charge in [-0.1, -0.05) is 26.7 Å². The van der Waals surface area contributed by atoms with Crippen LogP contribution in [0.25, 0.3) is 21.8 Å². The zero-order valence-corrected chi connectivity index (χ0v) is 21.8. The van der Waals surface area contributed by atoms with Gasteiger partial charge in [-0.05, 0) is 60.4 Å². The van der Waals surface area contributed by atoms with Crippen molar-refractivity contribution in [2.45, 2.75) is 52.4 Å². The van der Waals surface area contributed by atoms with Gasteiger partial charge in [-0.15, -0.1) is 0 Å². The number of carboxylic acids is 1. The van der Waals surface area contributed by atoms with E-state index < -0.39 is 5.97 Å². The van der Waals surface area contributed by atoms with E-state index in [-0.39, 0.29) is 18.8 Å². The SMILES string of the molecule is CCCCOc1ccc2[nH]cc(CC(=O)O)c2c1.CCCCOc1ccc2[nH]cc(CC(=O)OC)c2c1. The van der Waals surface area contributed by atoms with Gasteiger partial charge in [-0.2, -0.15) is 0 Å². The number of fused-ring (bicyclic) bond motifs is 2. The summed E-state index contributed by atoms with van der Waals surface area (Å²) in [7, 11) is 1.40. The van der Waals surface area contributed by atoms with E-state index in [4.69, 9.17) is 19.3 Å². The summed E-state index contributed by atoms with van der Waals surface area (Å²) in [6, 6.07) is 11.6. The number of methoxy groups -OCH3 is 1. The predicted molar refractivity (Wildman–Crippen MR) is 144 cm³/mol. The van der Waals surface area contributed by atoms with E-state index in [1.807, 2.05) is 42.6 Å². The van der Waals surface area contributed by atoms with Gasteiger partial charge in [0.05, 0.1) is 33.2 Å². The molecule has 2 heterocycles. The number of hydrogen-bond acceptors (Lipinski definition) is 5. The lowest BCUT2D eigenvalue weighted by Gasteiger charge is -2.05. The zero-order chi connectivity index (χ0) is 26.6. The van der Waals surface area contributed by atoms with Crippen molar-refractivity contribution in [2.75, 3.05) is 20.3 Å². The Hall–Kier alpha value is -3.94. The van der Waals surface area contributed by atoms with E-state index in [1.54, 1.807) is 6.20 Å². The Labute approximate surface area is 216 Å². The number of esters is 1. The van der Waals surface area contributed by atoms with Gasteiger partial charge in [0.1, 0.15) is 11.5 Å². The molecular weight excluding hydrogens is 472 g/mol. The summed E-state index contributed by atoms with van der Waals surface area (Å²) in [4.78, 5) is 28.3. The summed E-state index contributed by atoms with van der Waals surface area (Å²) in [5, 5.41) is 10.8. The lowest BCUT2D eigenvalue weighted by Crippen LogP contribution is -2.03. The van der Waals surface area contributed by atoms with E-state index in [9.17, 15) is 9.59 Å². The van der Waals surface area contributed by atoms with Crippen molar-refractivity contribution in [3.05, 3.63) is 59.9 Å². The molecule has 4 aromatic rings. The average Bonchev–Trinajstić information content (AvgIpc) is 3.48. The van der Waals surface area contributed by atoms with Gasteiger partial charge in [0.25, 0.3) is 0 Å². The number of aromatic nitrogens is 2. The maximum atomic E-state index is 11.4. The zero-order valence-electron chi connectivity index (χ0n) is 21.8. The first-order valence-electron chi connectivity index (χ1n) is 12.7. The summed E-state index contributed by atoms with van der Waals surface area (Å²) in [6.45, 7) is 5.66. The molecular formula is C29H36N2O6. The highest BCUT2D eigenvalue weighted by Crippen LogP contribution is 2.25. The van der Waals surface area contributed by atoms with Crippen molar-refractivity contribution in [3.8, 4) is 11.5 Å². The number of aliphatic carboxylic acids is 1. The van der Waals surface area contributed by atoms with Gasteiger partial charge in [-0.25, -0.2) is 0 Å². The normalized spacial score (nSPS) is 10.7. The predicted octanol–water partition coefficient (Wildman–Crippen LogP) is 6.04. The molecule has 4 rings (SSSR count). The molecule has 0 saturated carbocycles. The van der Waals surface area contributed by atoms with Crippen LogP contribution in [0.5, 0.6) is 11.5 Å². The highest BCUT2D eigenvalue weighted by molar-refractivity contribution is 5.89. The Kier molecular flexibility index (Phi) is 10.4. The minimum atomic E-state index is -0.826. The van der Waals surface area contributed by atoms with Crippen molar-refractivity contribution in [2.24, 2.45) is 0 Å². The number of ether oxygens (including phenoxy) is 3. The van der Waals surface area contributed by atoms with Crippen LogP contribution in [0.3, 0.4) is 0 Å². The Bertz CT molecular complexity index is 1310. The third-order valence-corrected chi connectivity index (χ3v) is 5.92. The van der Waals surface area contributed by atoms with Crippen LogP contribution in [-0.2, 0) is 27.2 Å². The minimum absolute atomic E-state index is 0.0262. The van der Waals surface area contributed by atoms with Gasteiger partial charge >= 0.3 is 11.9 Å². The molecule has 0 atom stereocenters. The van der Waals surface area contributed by atoms with E-state index in [0.717, 1.165) is 76.7 Å². The van der Waals surface area contributed by atoms with Crippen molar-refractivity contribution in [1.82, 2.24) is 9.97 Å². The quantitative estimate of drug-likeness (QED) is 0.159. The van der Waals surface area contributed by atoms with E-state index in [0.29, 0.717) is 6.61 Å². The number of carboxylic acid groups (broad SMARTS) is 1. The van der Waals surface area contributed by atoms with Gasteiger partial charge < -0.3 is 29.3 Å². The van der Waals surface area contributed by atoms with Crippen LogP contribution in [0.2, 0.25) is 0 Å². The Morgan fingerprint density at radius 3 is 1.70 bits per heavy atom. The maximum absolute atomic E-state index is 11.4. The first-order chi connectivity index (χ1) is 17.9. The van der Waals surface area contributed by atoms with Crippen LogP contribution >= 0.6 is 0 Å². The second kappa shape index (κ2) is 14.0. The fraction of sp³-hybridized carbons (Fsp3) is 0.379. The van der Waals surface area contributed by atoms with Gasteiger partial charge in [-0.3, -0.25) is 9.59 Å². The third kappa shape index (κ3) is 8.03. The molecule has 0 amide bonds. The Morgan fingerprint density at radius 2 is 1.27 bits per heavy atom. The molecule has 0 aliphatic rings. The van der Waals surface area contributed by atoms with E-state index >= 15 is 0 Å². The van der Waals surface area contributed by atoms with Crippen molar-refractivity contribution in [1.29, 1.82) is 0 Å². The highest BCUT2D eigenvalue weighted by atomic mass is 16.5. The maximum Gasteiger partial charge on any atom is 0.310 e. The molecule has 0 aliphatic carbocycles. The first kappa shape index (κ1) is 27.6. The Balaban J connectivity index is 0.000000206. The molecule has 3 N–H and O–H groups in total. The molecule has 198 valence electrons. The minimum Gasteiger partial charge on any atom is -0.494 e. The fourth-order valence-electron chi connectivity index (χ4n) is 3.85. The molecule has 8 nitrogen and oxygen atoms in total. The molecule has 0 radical (unpaired) electrons. The lowest BCUT2D eigenvalue weighted by atomic mass is 10.1. The van der Waals surface area contributed by atoms with Gasteiger partial charge in [0, 0.05) is 34.2 Å². The van der Waals surface area contributed by atoms with Crippen LogP contribution < -0.4 is 9.47 Å². The second-order valence-electron chi connectivity index (χ2n) is 8.77. The van der Waals surface area contributed by atoms with Crippen LogP contribution in [0.4, 0.5) is 0 Å². The number of nitrogens with one attached hydrogen (secondary N) is 2. The highest BCUT2D eigenvalue weighted by Gasteiger charge is 2.10. The molecule has 37 heavy (non-hydrogen) atoms. The standard InChI is InChI=1S/C15H19NO3.C14H17NO3/c1-3-4-7-19-12-5-6-14-13(9-12)11(10-16-14)8-15(17)18-2;1-2-3-6-18-11-4-5-13-12(8-11)10(9-15-13)7-14(16)17/h5-6,9-10,16H,3-4,7-8H2,1-2H3;4-5,8-9,15H,2-3,6-7H2,1H3,(H,16,17). The third-order valence-electron chi connectivity index (χ3n) is 5.92. The Morgan fingerprint density at radius 1 is 0.784 bits per heavy atom. The molecule has 0 unspecified atom stereocenters. The summed E-state index contributed by atoms with van der Waals surface area (Å²) >= 11 is 0. The number of benzene rings is 2. The topological polar surface area (TPSA) is 114 Å². The number of H-pyrrole nitrogens is 2. The van der Waals surface area contributed by atoms with Gasteiger partial charge in [0.2, 0.25) is 0 Å². The number of carbonyl (C=O) groups is 2. The summed E-state index contributed by atoms with van der Waals surface area (Å²) in [6.07, 6.45) is 8.16. The largest absolute Gasteiger partial charge is 0.494 e. The fourth-order valence-corrected chi connectivity index (χ4v) is 3.85. The molecule has 8 heteroatoms. The van der Waals surface area contributed by atoms with Crippen molar-refractivity contribution < 1.29 is 28.9 Å². The first-order valence-corrected chi connectivity index (χ1v) is 12.7. The number of carbonyl (C=O) groups excluding carboxylic acids is 1. The number of unbranched alkanes of at least 4 members (excludes halogenated alkanes) is 2. The molecule has 0 bridgehead atoms. The lowest BCUT2D eigenvalue weighted by molar-refractivity contribution is -0.140. The van der Waals surface area contributed by atoms with Gasteiger partial charge in [0.15, 0.2) is 0 Å². The van der Waals surface area contributed by atoms with Crippen LogP contribution in [0.15, 0.2) is 48.8 Å². The summed E-state index contributed by atoms with van der Waals surface area (Å²) in [5.41, 5.74) is 3.66. The van der Waals surface area contributed by atoms with Crippen molar-refractivity contribution >= 4 is 33.7 Å². The molecule has 0 fully saturated rings. The monoisotopic (exact) mass is 508 g/mol. The number of aromatic amines is 2. The smallest absolute Gasteiger partial charge is 0.310 e. The van der Waals surface area contributed by atoms with Crippen LogP contribution in [0, 0.1) is 0 Å². The van der Waals surface area contributed by atoms with Crippen LogP contribution in [0.1, 0.15) is 50.7 Å². The summed E-state index contributed by atoms with van der Waals surface area (Å²) < 4.78 is 16.0. The van der Waals surface area contributed by atoms with E-state index in [1.165, 1.54) is 7.11 Å². The molecule has 0 saturated heterocycles. The number of hydrogen-bond donors (Lipinski definition) is 3. The number of rotatable bonds is 12. The van der Waals surface area contributed by atoms with Crippen LogP contribution in [-0.4, -0.2) is 47.3 Å². The average molecular weight is 509 g/mol. The summed E-state index contributed by atoms with van der Waals surface area (Å²) in [5.74, 6) is 0.570. The van der Waals surface area contributed by atoms with E-state index in [2.05, 4.69) is 23.8 Å². The molecule has 0 spiro atoms. The second-order valence-corrected chi connectivity index (χ2v) is 8.77.